The van der Waals surface area contributed by atoms with Gasteiger partial charge in [0.25, 0.3) is 5.91 Å². The average molecular weight is 461 g/mol. The molecule has 1 amide bonds. The highest BCUT2D eigenvalue weighted by Gasteiger charge is 2.24. The summed E-state index contributed by atoms with van der Waals surface area (Å²) in [6.07, 6.45) is 0. The molecular formula is C11H12Br2INO. The van der Waals surface area contributed by atoms with Crippen molar-refractivity contribution in [3.05, 3.63) is 33.4 Å². The lowest BCUT2D eigenvalue weighted by atomic mass is 10.1. The van der Waals surface area contributed by atoms with Crippen molar-refractivity contribution in [2.24, 2.45) is 0 Å². The summed E-state index contributed by atoms with van der Waals surface area (Å²) in [4.78, 5) is 12.0. The van der Waals surface area contributed by atoms with E-state index in [1.165, 1.54) is 0 Å². The quantitative estimate of drug-likeness (QED) is 0.540. The molecule has 1 N–H and O–H groups in total. The monoisotopic (exact) mass is 459 g/mol. The largest absolute Gasteiger partial charge is 0.345 e. The summed E-state index contributed by atoms with van der Waals surface area (Å²) in [5.74, 6) is -0.0357. The highest BCUT2D eigenvalue weighted by Crippen LogP contribution is 2.15. The van der Waals surface area contributed by atoms with Gasteiger partial charge in [0.1, 0.15) is 0 Å². The highest BCUT2D eigenvalue weighted by atomic mass is 127. The molecular weight excluding hydrogens is 449 g/mol. The van der Waals surface area contributed by atoms with Crippen LogP contribution in [-0.4, -0.2) is 22.1 Å². The van der Waals surface area contributed by atoms with Gasteiger partial charge in [-0.1, -0.05) is 44.0 Å². The number of carbonyl (C=O) groups is 1. The van der Waals surface area contributed by atoms with Crippen LogP contribution in [-0.2, 0) is 0 Å². The third kappa shape index (κ3) is 3.70. The van der Waals surface area contributed by atoms with Crippen molar-refractivity contribution < 1.29 is 4.79 Å². The van der Waals surface area contributed by atoms with Crippen LogP contribution in [0.1, 0.15) is 17.3 Å². The number of alkyl halides is 2. The van der Waals surface area contributed by atoms with Crippen LogP contribution in [0, 0.1) is 3.57 Å². The smallest absolute Gasteiger partial charge is 0.252 e. The van der Waals surface area contributed by atoms with Crippen molar-refractivity contribution in [2.75, 3.05) is 10.7 Å². The maximum Gasteiger partial charge on any atom is 0.252 e. The van der Waals surface area contributed by atoms with Crippen LogP contribution in [0.25, 0.3) is 0 Å². The van der Waals surface area contributed by atoms with Gasteiger partial charge >= 0.3 is 0 Å². The van der Waals surface area contributed by atoms with E-state index in [2.05, 4.69) is 59.8 Å². The molecule has 0 fully saturated rings. The standard InChI is InChI=1S/C11H12Br2INO/c1-11(6-12,7-13)15-10(16)8-4-2-3-5-9(8)14/h2-5H,6-7H2,1H3,(H,15,16). The van der Waals surface area contributed by atoms with Gasteiger partial charge in [-0.3, -0.25) is 4.79 Å². The van der Waals surface area contributed by atoms with Crippen LogP contribution in [0.2, 0.25) is 0 Å². The van der Waals surface area contributed by atoms with Crippen LogP contribution >= 0.6 is 54.5 Å². The first-order chi connectivity index (χ1) is 7.52. The molecule has 0 spiro atoms. The Labute approximate surface area is 126 Å². The second-order valence-electron chi connectivity index (χ2n) is 3.76. The molecule has 0 saturated carbocycles. The molecule has 0 unspecified atom stereocenters. The lowest BCUT2D eigenvalue weighted by Gasteiger charge is -2.26. The van der Waals surface area contributed by atoms with Crippen molar-refractivity contribution in [3.8, 4) is 0 Å². The van der Waals surface area contributed by atoms with Gasteiger partial charge in [-0.05, 0) is 41.6 Å². The normalized spacial score (nSPS) is 11.2. The number of hydrogen-bond donors (Lipinski definition) is 1. The molecule has 88 valence electrons. The molecule has 0 aliphatic carbocycles. The number of carbonyl (C=O) groups excluding carboxylic acids is 1. The maximum absolute atomic E-state index is 12.0. The predicted octanol–water partition coefficient (Wildman–Crippen LogP) is 3.57. The van der Waals surface area contributed by atoms with E-state index < -0.39 is 0 Å². The lowest BCUT2D eigenvalue weighted by molar-refractivity contribution is 0.0922. The fraction of sp³-hybridized carbons (Fsp3) is 0.364. The number of nitrogens with one attached hydrogen (secondary N) is 1. The van der Waals surface area contributed by atoms with Gasteiger partial charge in [0.15, 0.2) is 0 Å². The zero-order valence-electron chi connectivity index (χ0n) is 8.77. The first-order valence-electron chi connectivity index (χ1n) is 4.71. The van der Waals surface area contributed by atoms with Crippen molar-refractivity contribution in [1.29, 1.82) is 0 Å². The van der Waals surface area contributed by atoms with E-state index in [1.807, 2.05) is 31.2 Å². The molecule has 0 aromatic heterocycles. The third-order valence-electron chi connectivity index (χ3n) is 2.12. The van der Waals surface area contributed by atoms with Gasteiger partial charge < -0.3 is 5.32 Å². The number of halogens is 3. The summed E-state index contributed by atoms with van der Waals surface area (Å²) in [6.45, 7) is 1.99. The molecule has 0 aliphatic heterocycles. The Morgan fingerprint density at radius 3 is 2.44 bits per heavy atom. The number of hydrogen-bond acceptors (Lipinski definition) is 1. The fourth-order valence-corrected chi connectivity index (χ4v) is 2.93. The Balaban J connectivity index is 2.84. The van der Waals surface area contributed by atoms with Crippen LogP contribution < -0.4 is 5.32 Å². The van der Waals surface area contributed by atoms with E-state index in [0.717, 1.165) is 9.13 Å². The van der Waals surface area contributed by atoms with Crippen LogP contribution in [0.4, 0.5) is 0 Å². The molecule has 1 rings (SSSR count). The molecule has 0 bridgehead atoms. The van der Waals surface area contributed by atoms with E-state index in [-0.39, 0.29) is 11.4 Å². The van der Waals surface area contributed by atoms with Crippen LogP contribution in [0.5, 0.6) is 0 Å². The Morgan fingerprint density at radius 1 is 1.38 bits per heavy atom. The summed E-state index contributed by atoms with van der Waals surface area (Å²) in [5.41, 5.74) is 0.451. The number of amides is 1. The average Bonchev–Trinajstić information content (AvgIpc) is 2.29. The maximum atomic E-state index is 12.0. The van der Waals surface area contributed by atoms with E-state index in [9.17, 15) is 4.79 Å². The van der Waals surface area contributed by atoms with Gasteiger partial charge in [-0.15, -0.1) is 0 Å². The molecule has 0 heterocycles. The van der Waals surface area contributed by atoms with Crippen molar-refractivity contribution >= 4 is 60.4 Å². The van der Waals surface area contributed by atoms with Crippen molar-refractivity contribution in [3.63, 3.8) is 0 Å². The zero-order valence-corrected chi connectivity index (χ0v) is 14.1. The van der Waals surface area contributed by atoms with E-state index in [4.69, 9.17) is 0 Å². The van der Waals surface area contributed by atoms with Crippen molar-refractivity contribution in [1.82, 2.24) is 5.32 Å². The Morgan fingerprint density at radius 2 is 1.94 bits per heavy atom. The minimum atomic E-state index is -0.268. The highest BCUT2D eigenvalue weighted by molar-refractivity contribution is 14.1. The molecule has 1 aromatic rings. The lowest BCUT2D eigenvalue weighted by Crippen LogP contribution is -2.49. The summed E-state index contributed by atoms with van der Waals surface area (Å²) in [7, 11) is 0. The second-order valence-corrected chi connectivity index (χ2v) is 6.05. The van der Waals surface area contributed by atoms with Gasteiger partial charge in [0.2, 0.25) is 0 Å². The SMILES string of the molecule is CC(CBr)(CBr)NC(=O)c1ccccc1I. The van der Waals surface area contributed by atoms with Gasteiger partial charge in [0.05, 0.1) is 11.1 Å². The minimum Gasteiger partial charge on any atom is -0.345 e. The molecule has 16 heavy (non-hydrogen) atoms. The van der Waals surface area contributed by atoms with E-state index in [1.54, 1.807) is 0 Å². The van der Waals surface area contributed by atoms with Crippen LogP contribution in [0.15, 0.2) is 24.3 Å². The Bertz CT molecular complexity index is 380. The molecule has 0 radical (unpaired) electrons. The molecule has 0 saturated heterocycles. The summed E-state index contributed by atoms with van der Waals surface area (Å²) in [6, 6.07) is 7.55. The van der Waals surface area contributed by atoms with Gasteiger partial charge in [-0.25, -0.2) is 0 Å². The molecule has 1 aromatic carbocycles. The fourth-order valence-electron chi connectivity index (χ4n) is 1.09. The van der Waals surface area contributed by atoms with Gasteiger partial charge in [-0.2, -0.15) is 0 Å². The number of benzene rings is 1. The Kier molecular flexibility index (Phi) is 5.73. The van der Waals surface area contributed by atoms with E-state index >= 15 is 0 Å². The third-order valence-corrected chi connectivity index (χ3v) is 5.54. The number of rotatable bonds is 4. The molecule has 2 nitrogen and oxygen atoms in total. The summed E-state index contributed by atoms with van der Waals surface area (Å²) < 4.78 is 0.962. The second kappa shape index (κ2) is 6.35. The van der Waals surface area contributed by atoms with Gasteiger partial charge in [0, 0.05) is 14.2 Å². The molecule has 0 atom stereocenters. The van der Waals surface area contributed by atoms with Crippen molar-refractivity contribution in [2.45, 2.75) is 12.5 Å². The minimum absolute atomic E-state index is 0.0357. The Hall–Kier alpha value is 0.380. The topological polar surface area (TPSA) is 29.1 Å². The predicted molar refractivity (Wildman–Crippen MR) is 82.6 cm³/mol. The molecule has 0 aliphatic rings. The summed E-state index contributed by atoms with van der Waals surface area (Å²) >= 11 is 8.98. The zero-order chi connectivity index (χ0) is 12.2. The first-order valence-corrected chi connectivity index (χ1v) is 8.03. The summed E-state index contributed by atoms with van der Waals surface area (Å²) in [5, 5.41) is 4.43. The first kappa shape index (κ1) is 14.4. The molecule has 5 heteroatoms. The van der Waals surface area contributed by atoms with E-state index in [0.29, 0.717) is 10.7 Å². The van der Waals surface area contributed by atoms with Crippen LogP contribution in [0.3, 0.4) is 0 Å².